The minimum absolute atomic E-state index is 0.0596. The summed E-state index contributed by atoms with van der Waals surface area (Å²) in [4.78, 5) is 56.2. The van der Waals surface area contributed by atoms with Crippen molar-refractivity contribution in [2.24, 2.45) is 22.7 Å². The van der Waals surface area contributed by atoms with Gasteiger partial charge in [-0.2, -0.15) is 0 Å². The van der Waals surface area contributed by atoms with Crippen LogP contribution in [0.15, 0.2) is 53.8 Å². The van der Waals surface area contributed by atoms with Crippen LogP contribution in [0.4, 0.5) is 5.69 Å². The molecule has 10 rings (SSSR count). The second-order valence-electron chi connectivity index (χ2n) is 19.8. The number of likely N-dealkylation sites (N-methyl/N-ethyl adjacent to an activating group) is 1. The number of aliphatic hydroxyl groups is 1. The van der Waals surface area contributed by atoms with E-state index in [1.54, 1.807) is 7.11 Å². The zero-order chi connectivity index (χ0) is 43.9. The van der Waals surface area contributed by atoms with E-state index in [0.717, 1.165) is 58.8 Å². The lowest BCUT2D eigenvalue weighted by molar-refractivity contribution is -0.182. The van der Waals surface area contributed by atoms with Gasteiger partial charge in [0.05, 0.1) is 31.3 Å². The maximum absolute atomic E-state index is 15.6. The van der Waals surface area contributed by atoms with Crippen molar-refractivity contribution < 1.29 is 43.2 Å². The van der Waals surface area contributed by atoms with Crippen LogP contribution in [0.25, 0.3) is 10.9 Å². The molecule has 1 saturated carbocycles. The zero-order valence-corrected chi connectivity index (χ0v) is 37.7. The predicted octanol–water partition coefficient (Wildman–Crippen LogP) is 4.06. The average Bonchev–Trinajstić information content (AvgIpc) is 3.51. The Kier molecular flexibility index (Phi) is 9.36. The first-order valence-electron chi connectivity index (χ1n) is 22.6. The van der Waals surface area contributed by atoms with E-state index in [4.69, 9.17) is 23.7 Å². The van der Waals surface area contributed by atoms with Crippen LogP contribution >= 0.6 is 0 Å². The third kappa shape index (κ3) is 4.96. The largest absolute Gasteiger partial charge is 0.468 e. The maximum atomic E-state index is 15.6. The molecule has 1 aromatic carbocycles. The number of nitrogens with zero attached hydrogens (tertiary/aromatic N) is 4. The quantitative estimate of drug-likeness (QED) is 0.170. The van der Waals surface area contributed by atoms with Gasteiger partial charge in [0.2, 0.25) is 0 Å². The Labute approximate surface area is 364 Å². The highest BCUT2D eigenvalue weighted by molar-refractivity contribution is 5.93. The van der Waals surface area contributed by atoms with Crippen LogP contribution in [-0.4, -0.2) is 153 Å². The molecule has 8 aliphatic rings. The van der Waals surface area contributed by atoms with Gasteiger partial charge in [0, 0.05) is 107 Å². The molecule has 4 saturated heterocycles. The summed E-state index contributed by atoms with van der Waals surface area (Å²) in [6, 6.07) is 6.18. The van der Waals surface area contributed by atoms with Crippen molar-refractivity contribution in [3.8, 4) is 0 Å². The molecule has 14 nitrogen and oxygen atoms in total. The monoisotopic (exact) mass is 853 g/mol. The number of anilines is 1. The number of esters is 3. The van der Waals surface area contributed by atoms with Gasteiger partial charge in [0.1, 0.15) is 5.41 Å². The van der Waals surface area contributed by atoms with Gasteiger partial charge < -0.3 is 43.6 Å². The van der Waals surface area contributed by atoms with Crippen LogP contribution in [-0.2, 0) is 49.9 Å². The Morgan fingerprint density at radius 3 is 2.48 bits per heavy atom. The molecule has 2 aliphatic carbocycles. The summed E-state index contributed by atoms with van der Waals surface area (Å²) in [5.41, 5.74) is -1.02. The lowest BCUT2D eigenvalue weighted by Gasteiger charge is -2.58. The van der Waals surface area contributed by atoms with Gasteiger partial charge in [-0.3, -0.25) is 19.4 Å². The topological polar surface area (TPSA) is 150 Å². The molecule has 2 spiro atoms. The number of fused-ring (bicyclic) bond motifs is 6. The Morgan fingerprint density at radius 1 is 1.03 bits per heavy atom. The van der Waals surface area contributed by atoms with E-state index in [1.165, 1.54) is 21.1 Å². The number of likely N-dealkylation sites (tertiary alicyclic amines) is 1. The number of rotatable bonds is 8. The average molecular weight is 854 g/mol. The molecular weight excluding hydrogens is 791 g/mol. The van der Waals surface area contributed by atoms with Crippen LogP contribution < -0.4 is 4.90 Å². The number of hydrogen-bond donors (Lipinski definition) is 2. The van der Waals surface area contributed by atoms with Crippen LogP contribution in [0.1, 0.15) is 64.1 Å². The van der Waals surface area contributed by atoms with E-state index in [0.29, 0.717) is 51.6 Å². The minimum atomic E-state index is -1.65. The third-order valence-electron chi connectivity index (χ3n) is 17.0. The van der Waals surface area contributed by atoms with E-state index in [9.17, 15) is 14.7 Å². The SMILES string of the molecule is CC[C@]1(O)C[C@H]2CN(CCc3c([nH]c4ccc(N(C)C)cc34)[C@@](C(=O)OC)(C3C=C4C(=CC3OC)N(C)[C@@]35O[C@]3(C(=O)OC)[C@H](OC(C)=O)[C@]3(CC)C=CCN6CC[C@]45[C@@H]63)C2)C1. The normalized spacial score (nSPS) is 41.2. The van der Waals surface area contributed by atoms with E-state index in [1.807, 2.05) is 28.1 Å². The van der Waals surface area contributed by atoms with E-state index >= 15 is 4.79 Å². The van der Waals surface area contributed by atoms with Crippen molar-refractivity contribution in [2.75, 3.05) is 80.1 Å². The van der Waals surface area contributed by atoms with Gasteiger partial charge in [0.15, 0.2) is 11.8 Å². The van der Waals surface area contributed by atoms with Gasteiger partial charge in [-0.1, -0.05) is 32.1 Å². The van der Waals surface area contributed by atoms with Crippen molar-refractivity contribution in [1.82, 2.24) is 19.7 Å². The molecule has 12 atom stereocenters. The number of hydrogen-bond acceptors (Lipinski definition) is 13. The highest BCUT2D eigenvalue weighted by Gasteiger charge is 2.99. The van der Waals surface area contributed by atoms with Gasteiger partial charge in [0.25, 0.3) is 5.60 Å². The molecule has 62 heavy (non-hydrogen) atoms. The summed E-state index contributed by atoms with van der Waals surface area (Å²) in [5, 5.41) is 13.2. The number of piperidine rings is 1. The maximum Gasteiger partial charge on any atom is 0.347 e. The summed E-state index contributed by atoms with van der Waals surface area (Å²) >= 11 is 0. The molecular formula is C48H63N5O9. The molecule has 5 fully saturated rings. The fourth-order valence-electron chi connectivity index (χ4n) is 14.6. The van der Waals surface area contributed by atoms with E-state index < -0.39 is 63.2 Å². The number of H-pyrrole nitrogens is 1. The van der Waals surface area contributed by atoms with Crippen molar-refractivity contribution >= 4 is 34.5 Å². The summed E-state index contributed by atoms with van der Waals surface area (Å²) in [6.07, 6.45) is 10.6. The Hall–Kier alpha value is -4.21. The number of benzene rings is 1. The predicted molar refractivity (Wildman–Crippen MR) is 231 cm³/mol. The van der Waals surface area contributed by atoms with Gasteiger partial charge in [-0.05, 0) is 86.4 Å². The van der Waals surface area contributed by atoms with Gasteiger partial charge in [-0.25, -0.2) is 4.79 Å². The van der Waals surface area contributed by atoms with Gasteiger partial charge in [-0.15, -0.1) is 0 Å². The number of nitrogens with one attached hydrogen (secondary N) is 1. The molecule has 334 valence electrons. The number of methoxy groups -OCH3 is 3. The molecule has 1 aromatic heterocycles. The second-order valence-corrected chi connectivity index (χ2v) is 19.8. The first-order valence-corrected chi connectivity index (χ1v) is 22.6. The van der Waals surface area contributed by atoms with Crippen LogP contribution in [0, 0.1) is 22.7 Å². The number of carbonyl (C=O) groups excluding carboxylic acids is 3. The molecule has 6 aliphatic heterocycles. The van der Waals surface area contributed by atoms with Crippen LogP contribution in [0.5, 0.6) is 0 Å². The molecule has 0 amide bonds. The molecule has 3 unspecified atom stereocenters. The first kappa shape index (κ1) is 41.8. The fourth-order valence-corrected chi connectivity index (χ4v) is 14.6. The standard InChI is InChI=1S/C48H63N5O9/c1-10-43(57)24-29-25-45(41(55)59-8,38-31(15-19-52(26-29)27-43)32-21-30(50(4)5)13-14-35(32)49-38)34-22-33-36(23-37(34)58-7)51(6)48-46(33)17-20-53-18-12-16-44(11-2,39(46)53)40(61-28(3)54)47(48,62-48)42(56)60-9/h12-14,16,21-23,29,34,37,39-40,49,57H,10-11,15,17-20,24-27H2,1-9H3/t29-,34?,37?,39+,40-,43+,44-,45+,46-,47+,48+/m1/s1. The molecule has 7 heterocycles. The lowest BCUT2D eigenvalue weighted by Crippen LogP contribution is -2.73. The molecule has 2 N–H and O–H groups in total. The number of aromatic amines is 1. The molecule has 2 bridgehead atoms. The summed E-state index contributed by atoms with van der Waals surface area (Å²) in [6.45, 7) is 8.98. The van der Waals surface area contributed by atoms with Crippen molar-refractivity contribution in [1.29, 1.82) is 0 Å². The van der Waals surface area contributed by atoms with Crippen molar-refractivity contribution in [2.45, 2.75) is 99.9 Å². The first-order chi connectivity index (χ1) is 29.6. The Morgan fingerprint density at radius 2 is 1.81 bits per heavy atom. The Bertz CT molecular complexity index is 2340. The summed E-state index contributed by atoms with van der Waals surface area (Å²) in [7, 11) is 10.6. The summed E-state index contributed by atoms with van der Waals surface area (Å²) < 4.78 is 31.8. The smallest absolute Gasteiger partial charge is 0.347 e. The summed E-state index contributed by atoms with van der Waals surface area (Å²) in [5.74, 6) is -2.09. The van der Waals surface area contributed by atoms with Crippen LogP contribution in [0.3, 0.4) is 0 Å². The van der Waals surface area contributed by atoms with Gasteiger partial charge >= 0.3 is 17.9 Å². The molecule has 14 heteroatoms. The van der Waals surface area contributed by atoms with Crippen molar-refractivity contribution in [3.05, 3.63) is 65.0 Å². The molecule has 2 aromatic rings. The minimum Gasteiger partial charge on any atom is -0.468 e. The number of allylic oxidation sites excluding steroid dienone is 1. The van der Waals surface area contributed by atoms with E-state index in [-0.39, 0.29) is 17.9 Å². The number of epoxide rings is 1. The fraction of sp³-hybridized carbons (Fsp3) is 0.646. The van der Waals surface area contributed by atoms with E-state index in [2.05, 4.69) is 74.0 Å². The second kappa shape index (κ2) is 13.9. The zero-order valence-electron chi connectivity index (χ0n) is 37.7. The number of aromatic nitrogens is 1. The van der Waals surface area contributed by atoms with Crippen LogP contribution in [0.2, 0.25) is 0 Å². The highest BCUT2D eigenvalue weighted by atomic mass is 16.7. The molecule has 0 radical (unpaired) electrons. The number of carbonyl (C=O) groups is 3. The number of ether oxygens (including phenoxy) is 5. The van der Waals surface area contributed by atoms with Crippen molar-refractivity contribution in [3.63, 3.8) is 0 Å². The Balaban J connectivity index is 1.26. The highest BCUT2D eigenvalue weighted by Crippen LogP contribution is 2.82. The lowest BCUT2D eigenvalue weighted by atomic mass is 9.48. The third-order valence-corrected chi connectivity index (χ3v) is 17.0.